The van der Waals surface area contributed by atoms with Crippen LogP contribution in [-0.4, -0.2) is 58.1 Å². The first kappa shape index (κ1) is 17.7. The van der Waals surface area contributed by atoms with Crippen molar-refractivity contribution < 1.29 is 28.2 Å². The number of aromatic nitrogens is 1. The Balaban J connectivity index is 2.67. The first-order valence-electron chi connectivity index (χ1n) is 6.05. The minimum absolute atomic E-state index is 0.257. The molecule has 120 valence electrons. The number of nitrogens with one attached hydrogen (secondary N) is 1. The number of aliphatic hydroxyl groups excluding tert-OH is 2. The average Bonchev–Trinajstić information content (AvgIpc) is 2.78. The number of carbonyl (C=O) groups is 1. The van der Waals surface area contributed by atoms with Crippen LogP contribution in [-0.2, 0) is 0 Å². The molecule has 6 nitrogen and oxygen atoms in total. The third-order valence-electron chi connectivity index (χ3n) is 2.43. The monoisotopic (exact) mass is 327 g/mol. The van der Waals surface area contributed by atoms with Crippen LogP contribution in [0.25, 0.3) is 0 Å². The van der Waals surface area contributed by atoms with Crippen molar-refractivity contribution >= 4 is 22.5 Å². The number of thiazole rings is 1. The number of anilines is 1. The van der Waals surface area contributed by atoms with Gasteiger partial charge in [-0.2, -0.15) is 13.2 Å². The van der Waals surface area contributed by atoms with Gasteiger partial charge in [-0.05, 0) is 6.92 Å². The van der Waals surface area contributed by atoms with E-state index in [0.717, 1.165) is 16.2 Å². The Bertz CT molecular complexity index is 467. The lowest BCUT2D eigenvalue weighted by Crippen LogP contribution is -2.42. The highest BCUT2D eigenvalue weighted by molar-refractivity contribution is 7.13. The van der Waals surface area contributed by atoms with Gasteiger partial charge in [0.15, 0.2) is 5.13 Å². The minimum Gasteiger partial charge on any atom is -0.394 e. The third-order valence-corrected chi connectivity index (χ3v) is 3.30. The summed E-state index contributed by atoms with van der Waals surface area (Å²) >= 11 is 1.14. The van der Waals surface area contributed by atoms with E-state index in [1.165, 1.54) is 0 Å². The number of hydrogen-bond donors (Lipinski definition) is 3. The van der Waals surface area contributed by atoms with Gasteiger partial charge in [-0.25, -0.2) is 9.78 Å². The zero-order valence-corrected chi connectivity index (χ0v) is 12.0. The lowest BCUT2D eigenvalue weighted by Gasteiger charge is -2.25. The van der Waals surface area contributed by atoms with E-state index in [1.54, 1.807) is 12.3 Å². The van der Waals surface area contributed by atoms with Crippen LogP contribution in [0.1, 0.15) is 12.1 Å². The van der Waals surface area contributed by atoms with Crippen LogP contribution in [0.3, 0.4) is 0 Å². The minimum atomic E-state index is -4.42. The van der Waals surface area contributed by atoms with Crippen LogP contribution < -0.4 is 5.32 Å². The number of urea groups is 1. The molecule has 0 aliphatic rings. The van der Waals surface area contributed by atoms with Gasteiger partial charge in [-0.15, -0.1) is 11.3 Å². The summed E-state index contributed by atoms with van der Waals surface area (Å²) in [6.45, 7) is 0.0504. The topological polar surface area (TPSA) is 85.7 Å². The van der Waals surface area contributed by atoms with Gasteiger partial charge in [-0.3, -0.25) is 5.32 Å². The molecule has 3 N–H and O–H groups in total. The highest BCUT2D eigenvalue weighted by atomic mass is 32.1. The SMILES string of the molecule is Cc1csc(NC(=O)N(CCC(F)(F)F)C[C@H](O)CO)n1. The van der Waals surface area contributed by atoms with Gasteiger partial charge in [0.1, 0.15) is 0 Å². The summed E-state index contributed by atoms with van der Waals surface area (Å²) in [5.41, 5.74) is 0.674. The standard InChI is InChI=1S/C11H16F3N3O3S/c1-7-6-21-9(15-7)16-10(20)17(4-8(19)5-18)3-2-11(12,13)14/h6,8,18-19H,2-5H2,1H3,(H,15,16,20)/t8-/m0/s1. The summed E-state index contributed by atoms with van der Waals surface area (Å²) in [6.07, 6.45) is -6.92. The normalized spacial score (nSPS) is 13.0. The van der Waals surface area contributed by atoms with E-state index in [0.29, 0.717) is 5.69 Å². The Morgan fingerprint density at radius 3 is 2.71 bits per heavy atom. The number of aliphatic hydroxyl groups is 2. The maximum absolute atomic E-state index is 12.2. The molecular formula is C11H16F3N3O3S. The molecule has 0 aromatic carbocycles. The van der Waals surface area contributed by atoms with Crippen LogP contribution >= 0.6 is 11.3 Å². The van der Waals surface area contributed by atoms with Crippen molar-refractivity contribution in [2.75, 3.05) is 25.0 Å². The second kappa shape index (κ2) is 7.57. The van der Waals surface area contributed by atoms with Crippen molar-refractivity contribution in [3.8, 4) is 0 Å². The molecule has 21 heavy (non-hydrogen) atoms. The second-order valence-corrected chi connectivity index (χ2v) is 5.23. The third kappa shape index (κ3) is 6.74. The predicted molar refractivity (Wildman–Crippen MR) is 71.2 cm³/mol. The van der Waals surface area contributed by atoms with Crippen molar-refractivity contribution in [1.29, 1.82) is 0 Å². The molecule has 0 spiro atoms. The van der Waals surface area contributed by atoms with Gasteiger partial charge in [0.05, 0.1) is 31.4 Å². The molecule has 0 aliphatic heterocycles. The molecule has 0 saturated carbocycles. The number of nitrogens with zero attached hydrogens (tertiary/aromatic N) is 2. The van der Waals surface area contributed by atoms with Crippen LogP contribution in [0.4, 0.5) is 23.1 Å². The van der Waals surface area contributed by atoms with E-state index in [9.17, 15) is 23.1 Å². The molecule has 0 bridgehead atoms. The van der Waals surface area contributed by atoms with Gasteiger partial charge in [0.2, 0.25) is 0 Å². The number of rotatable bonds is 6. The number of hydrogen-bond acceptors (Lipinski definition) is 5. The molecule has 2 amide bonds. The molecule has 0 radical (unpaired) electrons. The van der Waals surface area contributed by atoms with E-state index < -0.39 is 44.4 Å². The van der Waals surface area contributed by atoms with Crippen LogP contribution in [0.2, 0.25) is 0 Å². The Morgan fingerprint density at radius 2 is 2.24 bits per heavy atom. The lowest BCUT2D eigenvalue weighted by atomic mass is 10.3. The fourth-order valence-electron chi connectivity index (χ4n) is 1.43. The molecule has 1 aromatic rings. The van der Waals surface area contributed by atoms with Crippen molar-refractivity contribution in [3.05, 3.63) is 11.1 Å². The highest BCUT2D eigenvalue weighted by Crippen LogP contribution is 2.20. The molecular weight excluding hydrogens is 311 g/mol. The van der Waals surface area contributed by atoms with E-state index in [1.807, 2.05) is 0 Å². The van der Waals surface area contributed by atoms with Crippen molar-refractivity contribution in [2.24, 2.45) is 0 Å². The number of amides is 2. The highest BCUT2D eigenvalue weighted by Gasteiger charge is 2.29. The van der Waals surface area contributed by atoms with Crippen molar-refractivity contribution in [2.45, 2.75) is 25.6 Å². The maximum atomic E-state index is 12.2. The fourth-order valence-corrected chi connectivity index (χ4v) is 2.11. The Morgan fingerprint density at radius 1 is 1.57 bits per heavy atom. The number of carbonyl (C=O) groups excluding carboxylic acids is 1. The molecule has 0 fully saturated rings. The molecule has 1 heterocycles. The van der Waals surface area contributed by atoms with E-state index in [4.69, 9.17) is 5.11 Å². The van der Waals surface area contributed by atoms with Gasteiger partial charge >= 0.3 is 12.2 Å². The van der Waals surface area contributed by atoms with E-state index in [2.05, 4.69) is 10.3 Å². The van der Waals surface area contributed by atoms with Gasteiger partial charge in [-0.1, -0.05) is 0 Å². The summed E-state index contributed by atoms with van der Waals surface area (Å²) in [4.78, 5) is 16.7. The first-order valence-corrected chi connectivity index (χ1v) is 6.93. The summed E-state index contributed by atoms with van der Waals surface area (Å²) in [6, 6.07) is -0.805. The predicted octanol–water partition coefficient (Wildman–Crippen LogP) is 1.59. The summed E-state index contributed by atoms with van der Waals surface area (Å²) in [5, 5.41) is 22.4. The lowest BCUT2D eigenvalue weighted by molar-refractivity contribution is -0.137. The molecule has 0 aliphatic carbocycles. The average molecular weight is 327 g/mol. The summed E-state index contributed by atoms with van der Waals surface area (Å²) in [5.74, 6) is 0. The summed E-state index contributed by atoms with van der Waals surface area (Å²) in [7, 11) is 0. The van der Waals surface area contributed by atoms with Crippen LogP contribution in [0.5, 0.6) is 0 Å². The largest absolute Gasteiger partial charge is 0.394 e. The fraction of sp³-hybridized carbons (Fsp3) is 0.636. The number of aryl methyl sites for hydroxylation is 1. The van der Waals surface area contributed by atoms with Gasteiger partial charge in [0, 0.05) is 11.9 Å². The van der Waals surface area contributed by atoms with Gasteiger partial charge in [0.25, 0.3) is 0 Å². The molecule has 0 unspecified atom stereocenters. The van der Waals surface area contributed by atoms with Crippen LogP contribution in [0.15, 0.2) is 5.38 Å². The Hall–Kier alpha value is -1.39. The van der Waals surface area contributed by atoms with E-state index in [-0.39, 0.29) is 5.13 Å². The quantitative estimate of drug-likeness (QED) is 0.741. The number of halogens is 3. The summed E-state index contributed by atoms with van der Waals surface area (Å²) < 4.78 is 36.7. The molecule has 1 atom stereocenters. The van der Waals surface area contributed by atoms with Crippen molar-refractivity contribution in [3.63, 3.8) is 0 Å². The van der Waals surface area contributed by atoms with E-state index >= 15 is 0 Å². The van der Waals surface area contributed by atoms with Crippen molar-refractivity contribution in [1.82, 2.24) is 9.88 Å². The van der Waals surface area contributed by atoms with Crippen LogP contribution in [0, 0.1) is 6.92 Å². The molecule has 0 saturated heterocycles. The molecule has 10 heteroatoms. The zero-order chi connectivity index (χ0) is 16.0. The first-order chi connectivity index (χ1) is 9.71. The maximum Gasteiger partial charge on any atom is 0.390 e. The number of alkyl halides is 3. The van der Waals surface area contributed by atoms with Gasteiger partial charge < -0.3 is 15.1 Å². The Kier molecular flexibility index (Phi) is 6.37. The second-order valence-electron chi connectivity index (χ2n) is 4.37. The molecule has 1 aromatic heterocycles. The zero-order valence-electron chi connectivity index (χ0n) is 11.2. The smallest absolute Gasteiger partial charge is 0.390 e. The Labute approximate surface area is 123 Å². The molecule has 1 rings (SSSR count).